The number of fused-ring (bicyclic) bond motifs is 1. The molecule has 1 aliphatic rings. The van der Waals surface area contributed by atoms with E-state index in [9.17, 15) is 17.6 Å². The lowest BCUT2D eigenvalue weighted by Gasteiger charge is -2.28. The molecule has 0 aromatic carbocycles. The van der Waals surface area contributed by atoms with E-state index in [0.717, 1.165) is 5.56 Å². The fourth-order valence-corrected chi connectivity index (χ4v) is 2.61. The lowest BCUT2D eigenvalue weighted by atomic mass is 10.1. The molecule has 0 amide bonds. The number of halogens is 4. The van der Waals surface area contributed by atoms with E-state index in [-0.39, 0.29) is 0 Å². The Kier molecular flexibility index (Phi) is 4.01. The van der Waals surface area contributed by atoms with E-state index >= 15 is 0 Å². The minimum Gasteiger partial charge on any atom is -0.294 e. The number of pyridine rings is 1. The van der Waals surface area contributed by atoms with E-state index < -0.39 is 17.9 Å². The summed E-state index contributed by atoms with van der Waals surface area (Å²) >= 11 is 0. The normalized spacial score (nSPS) is 15.5. The first-order valence-corrected chi connectivity index (χ1v) is 7.08. The number of aryl methyl sites for hydroxylation is 1. The van der Waals surface area contributed by atoms with Gasteiger partial charge < -0.3 is 0 Å². The van der Waals surface area contributed by atoms with E-state index in [4.69, 9.17) is 0 Å². The summed E-state index contributed by atoms with van der Waals surface area (Å²) in [4.78, 5) is 12.8. The number of rotatable bonds is 2. The predicted molar refractivity (Wildman–Crippen MR) is 73.8 cm³/mol. The largest absolute Gasteiger partial charge is 0.451 e. The molecule has 8 heteroatoms. The summed E-state index contributed by atoms with van der Waals surface area (Å²) in [5.41, 5.74) is 2.46. The highest BCUT2D eigenvalue weighted by Gasteiger charge is 2.35. The number of nitrogens with zero attached hydrogens (tertiary/aromatic N) is 4. The Balaban J connectivity index is 1.74. The number of aromatic nitrogens is 3. The summed E-state index contributed by atoms with van der Waals surface area (Å²) in [6.07, 6.45) is -1.38. The Hall–Kier alpha value is -2.09. The molecular formula is C15H14F4N4. The van der Waals surface area contributed by atoms with Gasteiger partial charge in [-0.25, -0.2) is 15.0 Å². The lowest BCUT2D eigenvalue weighted by Crippen LogP contribution is -2.31. The van der Waals surface area contributed by atoms with Gasteiger partial charge in [0.1, 0.15) is 0 Å². The van der Waals surface area contributed by atoms with Gasteiger partial charge in [0.15, 0.2) is 0 Å². The van der Waals surface area contributed by atoms with Gasteiger partial charge in [0.05, 0.1) is 5.69 Å². The molecule has 0 saturated carbocycles. The Bertz CT molecular complexity index is 730. The summed E-state index contributed by atoms with van der Waals surface area (Å²) in [5, 5.41) is 0. The molecule has 2 aromatic rings. The Labute approximate surface area is 130 Å². The summed E-state index contributed by atoms with van der Waals surface area (Å²) in [7, 11) is 0. The third-order valence-electron chi connectivity index (χ3n) is 3.74. The van der Waals surface area contributed by atoms with E-state index in [0.29, 0.717) is 42.9 Å². The maximum atomic E-state index is 13.2. The molecule has 1 aliphatic heterocycles. The number of hydrogen-bond donors (Lipinski definition) is 0. The van der Waals surface area contributed by atoms with Crippen molar-refractivity contribution in [3.63, 3.8) is 0 Å². The van der Waals surface area contributed by atoms with Gasteiger partial charge in [-0.1, -0.05) is 0 Å². The van der Waals surface area contributed by atoms with Crippen molar-refractivity contribution < 1.29 is 17.6 Å². The topological polar surface area (TPSA) is 41.9 Å². The molecule has 3 heterocycles. The second-order valence-electron chi connectivity index (χ2n) is 5.58. The molecule has 0 spiro atoms. The van der Waals surface area contributed by atoms with Crippen molar-refractivity contribution in [1.29, 1.82) is 0 Å². The summed E-state index contributed by atoms with van der Waals surface area (Å²) < 4.78 is 51.0. The fraction of sp³-hybridized carbons (Fsp3) is 0.400. The Morgan fingerprint density at radius 2 is 2.00 bits per heavy atom. The van der Waals surface area contributed by atoms with Crippen molar-refractivity contribution in [1.82, 2.24) is 19.9 Å². The zero-order valence-corrected chi connectivity index (χ0v) is 12.4. The summed E-state index contributed by atoms with van der Waals surface area (Å²) in [6, 6.07) is 1.72. The molecule has 4 nitrogen and oxygen atoms in total. The number of hydrogen-bond acceptors (Lipinski definition) is 4. The zero-order chi connectivity index (χ0) is 16.6. The second-order valence-corrected chi connectivity index (χ2v) is 5.58. The van der Waals surface area contributed by atoms with Crippen molar-refractivity contribution >= 4 is 0 Å². The molecule has 2 aromatic heterocycles. The van der Waals surface area contributed by atoms with Gasteiger partial charge in [-0.15, -0.1) is 0 Å². The van der Waals surface area contributed by atoms with Crippen LogP contribution in [0.3, 0.4) is 0 Å². The van der Waals surface area contributed by atoms with E-state index in [2.05, 4.69) is 15.0 Å². The number of alkyl halides is 3. The van der Waals surface area contributed by atoms with Crippen molar-refractivity contribution in [2.75, 3.05) is 6.54 Å². The predicted octanol–water partition coefficient (Wildman–Crippen LogP) is 2.90. The van der Waals surface area contributed by atoms with Crippen LogP contribution in [0.15, 0.2) is 18.5 Å². The highest BCUT2D eigenvalue weighted by molar-refractivity contribution is 5.23. The molecule has 0 unspecified atom stereocenters. The SMILES string of the molecule is Cc1cc(CN2CCc3nc(C(F)(F)F)ncc3C2)cnc1F. The smallest absolute Gasteiger partial charge is 0.294 e. The molecule has 0 saturated heterocycles. The standard InChI is InChI=1S/C15H14F4N4/c1-9-4-10(5-20-13(9)16)7-23-3-2-12-11(8-23)6-21-14(22-12)15(17,18)19/h4-6H,2-3,7-8H2,1H3. The van der Waals surface area contributed by atoms with Crippen LogP contribution in [0.25, 0.3) is 0 Å². The third-order valence-corrected chi connectivity index (χ3v) is 3.74. The van der Waals surface area contributed by atoms with Gasteiger partial charge in [-0.2, -0.15) is 17.6 Å². The second kappa shape index (κ2) is 5.84. The zero-order valence-electron chi connectivity index (χ0n) is 12.4. The van der Waals surface area contributed by atoms with Gasteiger partial charge in [0.2, 0.25) is 11.8 Å². The first kappa shape index (κ1) is 15.8. The van der Waals surface area contributed by atoms with Crippen LogP contribution in [0, 0.1) is 12.9 Å². The van der Waals surface area contributed by atoms with Crippen LogP contribution < -0.4 is 0 Å². The van der Waals surface area contributed by atoms with Crippen LogP contribution in [0.4, 0.5) is 17.6 Å². The van der Waals surface area contributed by atoms with E-state index in [1.165, 1.54) is 12.4 Å². The Morgan fingerprint density at radius 1 is 1.22 bits per heavy atom. The van der Waals surface area contributed by atoms with E-state index in [1.807, 2.05) is 4.90 Å². The summed E-state index contributed by atoms with van der Waals surface area (Å²) in [6.45, 7) is 3.24. The van der Waals surface area contributed by atoms with Gasteiger partial charge in [0.25, 0.3) is 0 Å². The van der Waals surface area contributed by atoms with Crippen LogP contribution >= 0.6 is 0 Å². The van der Waals surface area contributed by atoms with Crippen molar-refractivity contribution in [2.45, 2.75) is 32.6 Å². The third kappa shape index (κ3) is 3.47. The van der Waals surface area contributed by atoms with Crippen molar-refractivity contribution in [3.05, 3.63) is 52.6 Å². The van der Waals surface area contributed by atoms with Gasteiger partial charge in [-0.05, 0) is 18.6 Å². The molecule has 0 aliphatic carbocycles. The van der Waals surface area contributed by atoms with Crippen molar-refractivity contribution in [2.24, 2.45) is 0 Å². The first-order valence-electron chi connectivity index (χ1n) is 7.08. The molecule has 0 N–H and O–H groups in total. The van der Waals surface area contributed by atoms with Crippen molar-refractivity contribution in [3.8, 4) is 0 Å². The average molecular weight is 326 g/mol. The molecule has 0 atom stereocenters. The minimum absolute atomic E-state index is 0.425. The van der Waals surface area contributed by atoms with Crippen LogP contribution in [-0.2, 0) is 25.7 Å². The van der Waals surface area contributed by atoms with Crippen LogP contribution in [-0.4, -0.2) is 26.4 Å². The molecule has 0 radical (unpaired) electrons. The lowest BCUT2D eigenvalue weighted by molar-refractivity contribution is -0.145. The quantitative estimate of drug-likeness (QED) is 0.629. The first-order chi connectivity index (χ1) is 10.8. The molecule has 122 valence electrons. The van der Waals surface area contributed by atoms with Crippen LogP contribution in [0.1, 0.15) is 28.2 Å². The Morgan fingerprint density at radius 3 is 2.70 bits per heavy atom. The summed E-state index contributed by atoms with van der Waals surface area (Å²) in [5.74, 6) is -1.59. The fourth-order valence-electron chi connectivity index (χ4n) is 2.61. The molecule has 3 rings (SSSR count). The van der Waals surface area contributed by atoms with Gasteiger partial charge in [-0.3, -0.25) is 4.90 Å². The van der Waals surface area contributed by atoms with Crippen LogP contribution in [0.2, 0.25) is 0 Å². The minimum atomic E-state index is -4.52. The monoisotopic (exact) mass is 326 g/mol. The van der Waals surface area contributed by atoms with E-state index in [1.54, 1.807) is 13.0 Å². The average Bonchev–Trinajstić information content (AvgIpc) is 2.49. The molecule has 23 heavy (non-hydrogen) atoms. The highest BCUT2D eigenvalue weighted by Crippen LogP contribution is 2.28. The van der Waals surface area contributed by atoms with Crippen LogP contribution in [0.5, 0.6) is 0 Å². The van der Waals surface area contributed by atoms with Gasteiger partial charge >= 0.3 is 6.18 Å². The molecule has 0 bridgehead atoms. The highest BCUT2D eigenvalue weighted by atomic mass is 19.4. The molecular weight excluding hydrogens is 312 g/mol. The maximum absolute atomic E-state index is 13.2. The molecule has 0 fully saturated rings. The maximum Gasteiger partial charge on any atom is 0.451 e. The van der Waals surface area contributed by atoms with Gasteiger partial charge in [0, 0.05) is 49.6 Å².